The number of carbonyl (C=O) groups is 2. The number of likely N-dealkylation sites (N-methyl/N-ethyl adjacent to an activating group) is 1. The molecule has 0 aromatic heterocycles. The number of amides is 2. The number of carbonyl (C=O) groups excluding carboxylic acids is 2. The Bertz CT molecular complexity index is 701. The smallest absolute Gasteiger partial charge is 0.242 e. The zero-order chi connectivity index (χ0) is 18.2. The first-order valence-electron chi connectivity index (χ1n) is 8.30. The third-order valence-corrected chi connectivity index (χ3v) is 4.40. The number of aryl methyl sites for hydroxylation is 1. The number of rotatable bonds is 7. The van der Waals surface area contributed by atoms with Crippen LogP contribution in [0.1, 0.15) is 24.5 Å². The third-order valence-electron chi connectivity index (χ3n) is 4.15. The average molecular weight is 359 g/mol. The van der Waals surface area contributed by atoms with Gasteiger partial charge in [0.15, 0.2) is 0 Å². The minimum absolute atomic E-state index is 0.0464. The number of nitrogens with one attached hydrogen (secondary N) is 1. The molecule has 0 unspecified atom stereocenters. The molecule has 2 aromatic carbocycles. The third kappa shape index (κ3) is 5.61. The molecule has 0 saturated heterocycles. The van der Waals surface area contributed by atoms with Gasteiger partial charge in [-0.1, -0.05) is 54.1 Å². The SMILES string of the molecule is CNC(=O)[C@@H](C)N(Cc1ccc(Cl)cc1)C(=O)CCc1ccccc1. The van der Waals surface area contributed by atoms with E-state index in [1.54, 1.807) is 31.0 Å². The van der Waals surface area contributed by atoms with Crippen molar-refractivity contribution in [3.8, 4) is 0 Å². The second kappa shape index (κ2) is 9.23. The van der Waals surface area contributed by atoms with Gasteiger partial charge in [0.2, 0.25) is 11.8 Å². The summed E-state index contributed by atoms with van der Waals surface area (Å²) >= 11 is 5.92. The van der Waals surface area contributed by atoms with Crippen LogP contribution in [0.3, 0.4) is 0 Å². The monoisotopic (exact) mass is 358 g/mol. The number of halogens is 1. The van der Waals surface area contributed by atoms with Crippen LogP contribution in [-0.2, 0) is 22.6 Å². The van der Waals surface area contributed by atoms with Gasteiger partial charge in [-0.3, -0.25) is 9.59 Å². The van der Waals surface area contributed by atoms with Gasteiger partial charge in [-0.2, -0.15) is 0 Å². The van der Waals surface area contributed by atoms with E-state index in [4.69, 9.17) is 11.6 Å². The van der Waals surface area contributed by atoms with Crippen LogP contribution < -0.4 is 5.32 Å². The van der Waals surface area contributed by atoms with Gasteiger partial charge in [0.05, 0.1) is 0 Å². The highest BCUT2D eigenvalue weighted by molar-refractivity contribution is 6.30. The fraction of sp³-hybridized carbons (Fsp3) is 0.300. The normalized spacial score (nSPS) is 11.6. The predicted molar refractivity (Wildman–Crippen MR) is 100 cm³/mol. The molecule has 0 spiro atoms. The molecular weight excluding hydrogens is 336 g/mol. The van der Waals surface area contributed by atoms with Crippen molar-refractivity contribution in [3.63, 3.8) is 0 Å². The lowest BCUT2D eigenvalue weighted by Gasteiger charge is -2.28. The lowest BCUT2D eigenvalue weighted by atomic mass is 10.1. The lowest BCUT2D eigenvalue weighted by molar-refractivity contribution is -0.140. The molecule has 25 heavy (non-hydrogen) atoms. The van der Waals surface area contributed by atoms with Crippen LogP contribution in [0.4, 0.5) is 0 Å². The fourth-order valence-electron chi connectivity index (χ4n) is 2.62. The van der Waals surface area contributed by atoms with Gasteiger partial charge in [-0.15, -0.1) is 0 Å². The Balaban J connectivity index is 2.10. The maximum atomic E-state index is 12.8. The molecule has 132 valence electrons. The van der Waals surface area contributed by atoms with E-state index in [-0.39, 0.29) is 11.8 Å². The first-order chi connectivity index (χ1) is 12.0. The van der Waals surface area contributed by atoms with Gasteiger partial charge < -0.3 is 10.2 Å². The molecular formula is C20H23ClN2O2. The number of benzene rings is 2. The molecule has 1 N–H and O–H groups in total. The quantitative estimate of drug-likeness (QED) is 0.824. The van der Waals surface area contributed by atoms with E-state index in [0.29, 0.717) is 24.4 Å². The summed E-state index contributed by atoms with van der Waals surface area (Å²) in [5, 5.41) is 3.26. The molecule has 0 radical (unpaired) electrons. The average Bonchev–Trinajstić information content (AvgIpc) is 2.65. The Morgan fingerprint density at radius 1 is 1.04 bits per heavy atom. The summed E-state index contributed by atoms with van der Waals surface area (Å²) in [5.74, 6) is -0.225. The van der Waals surface area contributed by atoms with Gasteiger partial charge in [-0.25, -0.2) is 0 Å². The highest BCUT2D eigenvalue weighted by Crippen LogP contribution is 2.15. The molecule has 2 amide bonds. The highest BCUT2D eigenvalue weighted by atomic mass is 35.5. The molecule has 0 aliphatic heterocycles. The molecule has 4 nitrogen and oxygen atoms in total. The van der Waals surface area contributed by atoms with Crippen LogP contribution in [-0.4, -0.2) is 29.8 Å². The topological polar surface area (TPSA) is 49.4 Å². The van der Waals surface area contributed by atoms with E-state index in [2.05, 4.69) is 5.32 Å². The fourth-order valence-corrected chi connectivity index (χ4v) is 2.74. The summed E-state index contributed by atoms with van der Waals surface area (Å²) < 4.78 is 0. The van der Waals surface area contributed by atoms with E-state index in [1.165, 1.54) is 0 Å². The minimum atomic E-state index is -0.538. The maximum absolute atomic E-state index is 12.8. The van der Waals surface area contributed by atoms with Crippen molar-refractivity contribution in [2.45, 2.75) is 32.4 Å². The Morgan fingerprint density at radius 2 is 1.68 bits per heavy atom. The Labute approximate surface area is 153 Å². The molecule has 5 heteroatoms. The van der Waals surface area contributed by atoms with Crippen molar-refractivity contribution in [1.82, 2.24) is 10.2 Å². The Kier molecular flexibility index (Phi) is 7.02. The maximum Gasteiger partial charge on any atom is 0.242 e. The van der Waals surface area contributed by atoms with Gasteiger partial charge in [0.1, 0.15) is 6.04 Å². The Morgan fingerprint density at radius 3 is 2.28 bits per heavy atom. The summed E-state index contributed by atoms with van der Waals surface area (Å²) in [6.45, 7) is 2.12. The molecule has 0 aliphatic rings. The lowest BCUT2D eigenvalue weighted by Crippen LogP contribution is -2.46. The van der Waals surface area contributed by atoms with E-state index in [0.717, 1.165) is 11.1 Å². The van der Waals surface area contributed by atoms with Gasteiger partial charge in [-0.05, 0) is 36.6 Å². The van der Waals surface area contributed by atoms with E-state index >= 15 is 0 Å². The van der Waals surface area contributed by atoms with Crippen molar-refractivity contribution < 1.29 is 9.59 Å². The van der Waals surface area contributed by atoms with Crippen molar-refractivity contribution in [2.24, 2.45) is 0 Å². The largest absolute Gasteiger partial charge is 0.357 e. The Hall–Kier alpha value is -2.33. The van der Waals surface area contributed by atoms with Crippen LogP contribution in [0.2, 0.25) is 5.02 Å². The van der Waals surface area contributed by atoms with Gasteiger partial charge in [0.25, 0.3) is 0 Å². The zero-order valence-electron chi connectivity index (χ0n) is 14.5. The van der Waals surface area contributed by atoms with E-state index in [9.17, 15) is 9.59 Å². The number of hydrogen-bond donors (Lipinski definition) is 1. The standard InChI is InChI=1S/C20H23ClN2O2/c1-15(20(25)22-2)23(14-17-8-11-18(21)12-9-17)19(24)13-10-16-6-4-3-5-7-16/h3-9,11-12,15H,10,13-14H2,1-2H3,(H,22,25)/t15-/m1/s1. The first kappa shape index (κ1) is 19.0. The van der Waals surface area contributed by atoms with Crippen LogP contribution in [0, 0.1) is 0 Å². The van der Waals surface area contributed by atoms with Crippen LogP contribution >= 0.6 is 11.6 Å². The van der Waals surface area contributed by atoms with Crippen LogP contribution in [0.15, 0.2) is 54.6 Å². The highest BCUT2D eigenvalue weighted by Gasteiger charge is 2.25. The van der Waals surface area contributed by atoms with E-state index in [1.807, 2.05) is 42.5 Å². The minimum Gasteiger partial charge on any atom is -0.357 e. The molecule has 1 atom stereocenters. The molecule has 0 heterocycles. The number of nitrogens with zero attached hydrogens (tertiary/aromatic N) is 1. The van der Waals surface area contributed by atoms with Crippen LogP contribution in [0.5, 0.6) is 0 Å². The summed E-state index contributed by atoms with van der Waals surface area (Å²) in [7, 11) is 1.58. The van der Waals surface area contributed by atoms with Gasteiger partial charge in [0, 0.05) is 25.0 Å². The molecule has 0 fully saturated rings. The van der Waals surface area contributed by atoms with Crippen molar-refractivity contribution in [3.05, 3.63) is 70.7 Å². The first-order valence-corrected chi connectivity index (χ1v) is 8.68. The summed E-state index contributed by atoms with van der Waals surface area (Å²) in [5.41, 5.74) is 2.04. The summed E-state index contributed by atoms with van der Waals surface area (Å²) in [6, 6.07) is 16.6. The second-order valence-corrected chi connectivity index (χ2v) is 6.36. The summed E-state index contributed by atoms with van der Waals surface area (Å²) in [6.07, 6.45) is 1.01. The van der Waals surface area contributed by atoms with Crippen molar-refractivity contribution >= 4 is 23.4 Å². The summed E-state index contributed by atoms with van der Waals surface area (Å²) in [4.78, 5) is 26.4. The molecule has 0 saturated carbocycles. The van der Waals surface area contributed by atoms with Crippen LogP contribution in [0.25, 0.3) is 0 Å². The van der Waals surface area contributed by atoms with Crippen molar-refractivity contribution in [1.29, 1.82) is 0 Å². The van der Waals surface area contributed by atoms with Gasteiger partial charge >= 0.3 is 0 Å². The zero-order valence-corrected chi connectivity index (χ0v) is 15.3. The number of hydrogen-bond acceptors (Lipinski definition) is 2. The molecule has 2 rings (SSSR count). The molecule has 2 aromatic rings. The molecule has 0 aliphatic carbocycles. The molecule has 0 bridgehead atoms. The predicted octanol–water partition coefficient (Wildman–Crippen LogP) is 3.44. The second-order valence-electron chi connectivity index (χ2n) is 5.92. The van der Waals surface area contributed by atoms with Crippen molar-refractivity contribution in [2.75, 3.05) is 7.05 Å². The van der Waals surface area contributed by atoms with E-state index < -0.39 is 6.04 Å².